The number of carboxylic acid groups (broad SMARTS) is 1. The quantitative estimate of drug-likeness (QED) is 0.701. The molecule has 0 aliphatic heterocycles. The molecule has 0 radical (unpaired) electrons. The van der Waals surface area contributed by atoms with Crippen molar-refractivity contribution in [3.05, 3.63) is 0 Å². The molecule has 0 bridgehead atoms. The molecular formula is C16H29NO4. The Morgan fingerprint density at radius 1 is 1.33 bits per heavy atom. The van der Waals surface area contributed by atoms with E-state index in [4.69, 9.17) is 0 Å². The highest BCUT2D eigenvalue weighted by Crippen LogP contribution is 2.33. The van der Waals surface area contributed by atoms with Crippen LogP contribution in [0, 0.1) is 17.3 Å². The van der Waals surface area contributed by atoms with Gasteiger partial charge in [-0.25, -0.2) is 0 Å². The summed E-state index contributed by atoms with van der Waals surface area (Å²) in [7, 11) is 0. The maximum Gasteiger partial charge on any atom is 0.310 e. The van der Waals surface area contributed by atoms with Gasteiger partial charge in [-0.1, -0.05) is 20.8 Å². The average molecular weight is 299 g/mol. The first-order valence-electron chi connectivity index (χ1n) is 7.81. The molecule has 0 aromatic carbocycles. The summed E-state index contributed by atoms with van der Waals surface area (Å²) in [5.74, 6) is -0.782. The number of hydrogen-bond acceptors (Lipinski definition) is 3. The van der Waals surface area contributed by atoms with Crippen LogP contribution in [0.25, 0.3) is 0 Å². The third-order valence-electron chi connectivity index (χ3n) is 5.11. The number of nitrogens with one attached hydrogen (secondary N) is 1. The molecule has 1 saturated carbocycles. The molecule has 3 N–H and O–H groups in total. The molecule has 122 valence electrons. The van der Waals surface area contributed by atoms with Crippen LogP contribution in [-0.2, 0) is 9.59 Å². The smallest absolute Gasteiger partial charge is 0.310 e. The van der Waals surface area contributed by atoms with Gasteiger partial charge in [0, 0.05) is 13.0 Å². The minimum absolute atomic E-state index is 0.0630. The number of amides is 1. The Morgan fingerprint density at radius 3 is 2.29 bits per heavy atom. The Hall–Kier alpha value is -1.10. The van der Waals surface area contributed by atoms with Crippen molar-refractivity contribution in [2.75, 3.05) is 6.54 Å². The molecule has 1 amide bonds. The zero-order valence-electron chi connectivity index (χ0n) is 13.6. The molecule has 5 nitrogen and oxygen atoms in total. The zero-order chi connectivity index (χ0) is 16.3. The topological polar surface area (TPSA) is 86.6 Å². The highest BCUT2D eigenvalue weighted by atomic mass is 16.4. The van der Waals surface area contributed by atoms with Crippen LogP contribution in [0.15, 0.2) is 0 Å². The minimum atomic E-state index is -1.08. The highest BCUT2D eigenvalue weighted by Gasteiger charge is 2.39. The third-order valence-corrected chi connectivity index (χ3v) is 5.11. The number of carbonyl (C=O) groups is 2. The molecule has 0 aromatic heterocycles. The predicted molar refractivity (Wildman–Crippen MR) is 80.8 cm³/mol. The van der Waals surface area contributed by atoms with Crippen molar-refractivity contribution in [1.82, 2.24) is 5.32 Å². The van der Waals surface area contributed by atoms with Gasteiger partial charge in [0.1, 0.15) is 0 Å². The number of aliphatic carboxylic acids is 1. The van der Waals surface area contributed by atoms with E-state index in [1.54, 1.807) is 20.8 Å². The molecule has 0 heterocycles. The van der Waals surface area contributed by atoms with Crippen LogP contribution >= 0.6 is 0 Å². The van der Waals surface area contributed by atoms with Crippen LogP contribution < -0.4 is 5.32 Å². The maximum atomic E-state index is 12.0. The molecule has 1 fully saturated rings. The fourth-order valence-electron chi connectivity index (χ4n) is 2.66. The number of rotatable bonds is 6. The molecule has 1 atom stereocenters. The summed E-state index contributed by atoms with van der Waals surface area (Å²) in [5.41, 5.74) is -1.91. The van der Waals surface area contributed by atoms with Crippen molar-refractivity contribution in [3.63, 3.8) is 0 Å². The SMILES string of the molecule is CC1CCC(O)(CNC(=O)CC(C)(C(=O)O)C(C)C)CC1. The first-order valence-corrected chi connectivity index (χ1v) is 7.81. The Kier molecular flexibility index (Phi) is 5.79. The van der Waals surface area contributed by atoms with Crippen LogP contribution in [-0.4, -0.2) is 34.2 Å². The molecule has 0 saturated heterocycles. The fraction of sp³-hybridized carbons (Fsp3) is 0.875. The summed E-state index contributed by atoms with van der Waals surface area (Å²) >= 11 is 0. The van der Waals surface area contributed by atoms with Gasteiger partial charge in [-0.3, -0.25) is 9.59 Å². The van der Waals surface area contributed by atoms with E-state index < -0.39 is 17.0 Å². The fourth-order valence-corrected chi connectivity index (χ4v) is 2.66. The lowest BCUT2D eigenvalue weighted by molar-refractivity contribution is -0.153. The molecule has 0 aromatic rings. The largest absolute Gasteiger partial charge is 0.481 e. The van der Waals surface area contributed by atoms with E-state index in [1.165, 1.54) is 0 Å². The van der Waals surface area contributed by atoms with Gasteiger partial charge in [-0.15, -0.1) is 0 Å². The Balaban J connectivity index is 2.52. The number of aliphatic hydroxyl groups is 1. The van der Waals surface area contributed by atoms with Crippen molar-refractivity contribution in [3.8, 4) is 0 Å². The molecule has 1 aliphatic rings. The van der Waals surface area contributed by atoms with E-state index in [-0.39, 0.29) is 24.8 Å². The van der Waals surface area contributed by atoms with Crippen LogP contribution in [0.1, 0.15) is 59.8 Å². The molecule has 5 heteroatoms. The lowest BCUT2D eigenvalue weighted by Crippen LogP contribution is -2.47. The normalized spacial score (nSPS) is 29.0. The van der Waals surface area contributed by atoms with Gasteiger partial charge in [-0.2, -0.15) is 0 Å². The van der Waals surface area contributed by atoms with Gasteiger partial charge in [0.15, 0.2) is 0 Å². The van der Waals surface area contributed by atoms with E-state index >= 15 is 0 Å². The van der Waals surface area contributed by atoms with Crippen LogP contribution in [0.5, 0.6) is 0 Å². The number of carbonyl (C=O) groups excluding carboxylic acids is 1. The van der Waals surface area contributed by atoms with Gasteiger partial charge < -0.3 is 15.5 Å². The van der Waals surface area contributed by atoms with E-state index in [9.17, 15) is 19.8 Å². The Labute approximate surface area is 127 Å². The monoisotopic (exact) mass is 299 g/mol. The molecule has 0 spiro atoms. The second kappa shape index (κ2) is 6.77. The Morgan fingerprint density at radius 2 is 1.86 bits per heavy atom. The number of carboxylic acids is 1. The molecular weight excluding hydrogens is 270 g/mol. The third kappa shape index (κ3) is 4.70. The molecule has 1 unspecified atom stereocenters. The van der Waals surface area contributed by atoms with Crippen molar-refractivity contribution < 1.29 is 19.8 Å². The summed E-state index contributed by atoms with van der Waals surface area (Å²) in [6.07, 6.45) is 3.24. The van der Waals surface area contributed by atoms with Gasteiger partial charge in [0.2, 0.25) is 5.91 Å². The molecule has 1 aliphatic carbocycles. The highest BCUT2D eigenvalue weighted by molar-refractivity contribution is 5.84. The van der Waals surface area contributed by atoms with E-state index in [2.05, 4.69) is 12.2 Å². The average Bonchev–Trinajstić information content (AvgIpc) is 2.40. The first kappa shape index (κ1) is 18.0. The first-order chi connectivity index (χ1) is 9.59. The van der Waals surface area contributed by atoms with Gasteiger partial charge in [0.25, 0.3) is 0 Å². The van der Waals surface area contributed by atoms with Crippen LogP contribution in [0.3, 0.4) is 0 Å². The second-order valence-electron chi connectivity index (χ2n) is 7.24. The lowest BCUT2D eigenvalue weighted by Gasteiger charge is -2.35. The van der Waals surface area contributed by atoms with Gasteiger partial charge >= 0.3 is 5.97 Å². The van der Waals surface area contributed by atoms with Crippen molar-refractivity contribution in [1.29, 1.82) is 0 Å². The maximum absolute atomic E-state index is 12.0. The summed E-state index contributed by atoms with van der Waals surface area (Å²) < 4.78 is 0. The lowest BCUT2D eigenvalue weighted by atomic mass is 9.76. The second-order valence-corrected chi connectivity index (χ2v) is 7.24. The number of hydrogen-bond donors (Lipinski definition) is 3. The van der Waals surface area contributed by atoms with Crippen LogP contribution in [0.2, 0.25) is 0 Å². The molecule has 21 heavy (non-hydrogen) atoms. The summed E-state index contributed by atoms with van der Waals surface area (Å²) in [5, 5.41) is 22.5. The summed E-state index contributed by atoms with van der Waals surface area (Å²) in [6.45, 7) is 7.58. The van der Waals surface area contributed by atoms with Crippen LogP contribution in [0.4, 0.5) is 0 Å². The van der Waals surface area contributed by atoms with E-state index in [0.717, 1.165) is 12.8 Å². The van der Waals surface area contributed by atoms with Gasteiger partial charge in [0.05, 0.1) is 11.0 Å². The van der Waals surface area contributed by atoms with Crippen molar-refractivity contribution in [2.45, 2.75) is 65.4 Å². The van der Waals surface area contributed by atoms with Crippen molar-refractivity contribution >= 4 is 11.9 Å². The standard InChI is InChI=1S/C16H29NO4/c1-11(2)15(4,14(19)20)9-13(18)17-10-16(21)7-5-12(3)6-8-16/h11-12,21H,5-10H2,1-4H3,(H,17,18)(H,19,20). The minimum Gasteiger partial charge on any atom is -0.481 e. The Bertz CT molecular complexity index is 386. The summed E-state index contributed by atoms with van der Waals surface area (Å²) in [4.78, 5) is 23.4. The summed E-state index contributed by atoms with van der Waals surface area (Å²) in [6, 6.07) is 0. The zero-order valence-corrected chi connectivity index (χ0v) is 13.6. The van der Waals surface area contributed by atoms with Crippen molar-refractivity contribution in [2.24, 2.45) is 17.3 Å². The van der Waals surface area contributed by atoms with E-state index in [0.29, 0.717) is 18.8 Å². The van der Waals surface area contributed by atoms with Gasteiger partial charge in [-0.05, 0) is 44.4 Å². The molecule has 1 rings (SSSR count). The predicted octanol–water partition coefficient (Wildman–Crippen LogP) is 2.18. The van der Waals surface area contributed by atoms with E-state index in [1.807, 2.05) is 0 Å².